The molecule has 1 saturated heterocycles. The number of hydrogen-bond donors (Lipinski definition) is 2. The lowest BCUT2D eigenvalue weighted by atomic mass is 9.72. The SMILES string of the molecule is Cl.Cl.O=C1C=Cc2n[nH][n+](=O)c3c2C1[C@H](CN1CCC(NCc2cc4c(cn2)SCCO4)CC1)CC3. The van der Waals surface area contributed by atoms with Crippen molar-refractivity contribution in [3.8, 4) is 5.75 Å². The topological polar surface area (TPSA) is 106 Å². The van der Waals surface area contributed by atoms with Crippen molar-refractivity contribution in [2.24, 2.45) is 5.92 Å². The molecule has 2 N–H and O–H groups in total. The standard InChI is InChI=1S/C24H28N6O3S.2ClH/c31-20-4-2-18-24-19(30(32)28-27-18)3-1-15(23(20)24)14-29-7-5-16(6-8-29)25-12-17-11-21-22(13-26-17)34-10-9-33-21;;/h2,4,11,13,15-16,23,25H,1,3,5-10,12,14H2;2*1H/p+1/t15-,23?;;/m0../s1. The number of piperidine rings is 1. The highest BCUT2D eigenvalue weighted by Crippen LogP contribution is 2.40. The van der Waals surface area contributed by atoms with Crippen LogP contribution in [-0.2, 0) is 17.8 Å². The van der Waals surface area contributed by atoms with Gasteiger partial charge in [0.25, 0.3) is 0 Å². The minimum Gasteiger partial charge on any atom is -0.491 e. The van der Waals surface area contributed by atoms with Crippen molar-refractivity contribution in [2.75, 3.05) is 32.0 Å². The molecule has 0 bridgehead atoms. The Morgan fingerprint density at radius 2 is 2.06 bits per heavy atom. The molecule has 4 aliphatic rings. The van der Waals surface area contributed by atoms with Crippen LogP contribution in [0.5, 0.6) is 5.75 Å². The van der Waals surface area contributed by atoms with Gasteiger partial charge in [0.05, 0.1) is 33.2 Å². The van der Waals surface area contributed by atoms with Crippen LogP contribution in [0.4, 0.5) is 0 Å². The van der Waals surface area contributed by atoms with Crippen molar-refractivity contribution in [3.05, 3.63) is 45.9 Å². The van der Waals surface area contributed by atoms with Crippen molar-refractivity contribution in [3.63, 3.8) is 0 Å². The Morgan fingerprint density at radius 3 is 2.89 bits per heavy atom. The summed E-state index contributed by atoms with van der Waals surface area (Å²) in [5.41, 5.74) is 3.27. The summed E-state index contributed by atoms with van der Waals surface area (Å²) in [6.07, 6.45) is 8.95. The molecular weight excluding hydrogens is 523 g/mol. The van der Waals surface area contributed by atoms with E-state index in [0.717, 1.165) is 89.9 Å². The number of carbonyl (C=O) groups is 1. The molecule has 0 amide bonds. The van der Waals surface area contributed by atoms with E-state index in [0.29, 0.717) is 18.2 Å². The molecule has 0 saturated carbocycles. The average molecular weight is 555 g/mol. The van der Waals surface area contributed by atoms with Gasteiger partial charge < -0.3 is 15.0 Å². The van der Waals surface area contributed by atoms with E-state index < -0.39 is 0 Å². The van der Waals surface area contributed by atoms with Gasteiger partial charge in [-0.15, -0.1) is 36.6 Å². The lowest BCUT2D eigenvalue weighted by Crippen LogP contribution is -2.46. The summed E-state index contributed by atoms with van der Waals surface area (Å²) >= 11 is 1.80. The number of nitrogens with zero attached hydrogens (tertiary/aromatic N) is 4. The van der Waals surface area contributed by atoms with Crippen LogP contribution in [0.15, 0.2) is 23.2 Å². The first-order valence-electron chi connectivity index (χ1n) is 12.1. The summed E-state index contributed by atoms with van der Waals surface area (Å²) in [6.45, 7) is 4.40. The molecule has 194 valence electrons. The maximum Gasteiger partial charge on any atom is 0.208 e. The first-order chi connectivity index (χ1) is 16.7. The summed E-state index contributed by atoms with van der Waals surface area (Å²) in [4.78, 5) is 33.2. The number of pyridine rings is 1. The Morgan fingerprint density at radius 1 is 1.22 bits per heavy atom. The van der Waals surface area contributed by atoms with Crippen molar-refractivity contribution in [2.45, 2.75) is 49.1 Å². The Balaban J connectivity index is 0.00000152. The molecule has 2 aromatic heterocycles. The zero-order chi connectivity index (χ0) is 23.1. The summed E-state index contributed by atoms with van der Waals surface area (Å²) in [6, 6.07) is 2.52. The molecular formula is C24H31Cl2N6O3S+. The number of likely N-dealkylation sites (tertiary alicyclic amines) is 1. The van der Waals surface area contributed by atoms with E-state index in [1.165, 1.54) is 0 Å². The molecule has 1 unspecified atom stereocenters. The molecule has 2 aromatic rings. The maximum atomic E-state index is 12.8. The third-order valence-electron chi connectivity index (χ3n) is 7.48. The number of ether oxygens (including phenoxy) is 1. The zero-order valence-electron chi connectivity index (χ0n) is 19.9. The second-order valence-corrected chi connectivity index (χ2v) is 10.7. The van der Waals surface area contributed by atoms with Crippen LogP contribution in [0.3, 0.4) is 0 Å². The third-order valence-corrected chi connectivity index (χ3v) is 8.47. The van der Waals surface area contributed by atoms with Gasteiger partial charge >= 0.3 is 0 Å². The fourth-order valence-electron chi connectivity index (χ4n) is 5.73. The Kier molecular flexibility index (Phi) is 8.72. The number of H-pyrrole nitrogens is 1. The minimum atomic E-state index is -0.252. The molecule has 9 nitrogen and oxygen atoms in total. The van der Waals surface area contributed by atoms with Gasteiger partial charge in [-0.2, -0.15) is 0 Å². The van der Waals surface area contributed by atoms with E-state index in [1.54, 1.807) is 23.9 Å². The molecule has 1 fully saturated rings. The van der Waals surface area contributed by atoms with E-state index in [9.17, 15) is 9.70 Å². The van der Waals surface area contributed by atoms with Gasteiger partial charge in [-0.25, -0.2) is 0 Å². The Bertz CT molecular complexity index is 1200. The second kappa shape index (κ2) is 11.6. The van der Waals surface area contributed by atoms with Crippen LogP contribution in [0.25, 0.3) is 6.08 Å². The molecule has 0 aromatic carbocycles. The van der Waals surface area contributed by atoms with Gasteiger partial charge in [-0.3, -0.25) is 9.78 Å². The normalized spacial score (nSPS) is 23.1. The van der Waals surface area contributed by atoms with Crippen LogP contribution >= 0.6 is 36.6 Å². The van der Waals surface area contributed by atoms with Crippen molar-refractivity contribution in [1.82, 2.24) is 25.5 Å². The van der Waals surface area contributed by atoms with Crippen LogP contribution in [-0.4, -0.2) is 64.0 Å². The first-order valence-corrected chi connectivity index (χ1v) is 13.1. The molecule has 0 radical (unpaired) electrons. The van der Waals surface area contributed by atoms with Gasteiger partial charge in [0.1, 0.15) is 5.75 Å². The predicted molar refractivity (Wildman–Crippen MR) is 142 cm³/mol. The van der Waals surface area contributed by atoms with Gasteiger partial charge in [-0.1, -0.05) is 0 Å². The maximum absolute atomic E-state index is 12.8. The number of ketones is 1. The fourth-order valence-corrected chi connectivity index (χ4v) is 6.50. The number of aromatic amines is 1. The number of aromatic nitrogens is 4. The Hall–Kier alpha value is -1.98. The number of allylic oxidation sites excluding steroid dienone is 1. The van der Waals surface area contributed by atoms with Crippen LogP contribution in [0.2, 0.25) is 0 Å². The van der Waals surface area contributed by atoms with Crippen molar-refractivity contribution in [1.29, 1.82) is 0 Å². The quantitative estimate of drug-likeness (QED) is 0.544. The average Bonchev–Trinajstić information content (AvgIpc) is 2.87. The zero-order valence-corrected chi connectivity index (χ0v) is 22.3. The van der Waals surface area contributed by atoms with Gasteiger partial charge in [0.15, 0.2) is 11.5 Å². The third kappa shape index (κ3) is 5.33. The van der Waals surface area contributed by atoms with E-state index in [-0.39, 0.29) is 42.4 Å². The summed E-state index contributed by atoms with van der Waals surface area (Å²) in [5, 5.41) is 10.3. The van der Waals surface area contributed by atoms with E-state index in [2.05, 4.69) is 31.6 Å². The van der Waals surface area contributed by atoms with Gasteiger partial charge in [0, 0.05) is 48.7 Å². The van der Waals surface area contributed by atoms with Crippen LogP contribution < -0.4 is 14.6 Å². The smallest absolute Gasteiger partial charge is 0.208 e. The van der Waals surface area contributed by atoms with Crippen LogP contribution in [0.1, 0.15) is 47.8 Å². The van der Waals surface area contributed by atoms with Crippen molar-refractivity contribution >= 4 is 48.4 Å². The molecule has 2 aliphatic heterocycles. The molecule has 0 spiro atoms. The Labute approximate surface area is 226 Å². The molecule has 2 atom stereocenters. The number of hydrogen-bond acceptors (Lipinski definition) is 8. The van der Waals surface area contributed by atoms with Crippen molar-refractivity contribution < 1.29 is 14.1 Å². The highest BCUT2D eigenvalue weighted by atomic mass is 35.5. The number of carbonyl (C=O) groups excluding carboxylic acids is 1. The lowest BCUT2D eigenvalue weighted by Gasteiger charge is -2.38. The number of rotatable bonds is 5. The molecule has 4 heterocycles. The summed E-state index contributed by atoms with van der Waals surface area (Å²) < 4.78 is 6.49. The molecule has 36 heavy (non-hydrogen) atoms. The van der Waals surface area contributed by atoms with Crippen LogP contribution in [0, 0.1) is 10.8 Å². The molecule has 12 heteroatoms. The van der Waals surface area contributed by atoms with Gasteiger partial charge in [-0.05, 0) is 60.5 Å². The summed E-state index contributed by atoms with van der Waals surface area (Å²) in [7, 11) is 0. The summed E-state index contributed by atoms with van der Waals surface area (Å²) in [5.74, 6) is 2.01. The second-order valence-electron chi connectivity index (χ2n) is 9.54. The molecule has 6 rings (SSSR count). The lowest BCUT2D eigenvalue weighted by molar-refractivity contribution is -0.581. The van der Waals surface area contributed by atoms with E-state index >= 15 is 0 Å². The van der Waals surface area contributed by atoms with Gasteiger partial charge in [0.2, 0.25) is 5.69 Å². The molecule has 2 aliphatic carbocycles. The van der Waals surface area contributed by atoms with E-state index in [4.69, 9.17) is 4.74 Å². The largest absolute Gasteiger partial charge is 0.491 e. The number of nitrogens with one attached hydrogen (secondary N) is 2. The highest BCUT2D eigenvalue weighted by molar-refractivity contribution is 7.99. The first kappa shape index (κ1) is 27.1. The van der Waals surface area contributed by atoms with E-state index in [1.807, 2.05) is 6.20 Å². The number of halogens is 2. The number of fused-ring (bicyclic) bond motifs is 1. The monoisotopic (exact) mass is 553 g/mol. The minimum absolute atomic E-state index is 0. The highest BCUT2D eigenvalue weighted by Gasteiger charge is 2.43. The predicted octanol–water partition coefficient (Wildman–Crippen LogP) is 2.54. The number of thioether (sulfide) groups is 1. The fraction of sp³-hybridized carbons (Fsp3) is 0.542.